The van der Waals surface area contributed by atoms with Gasteiger partial charge in [0.1, 0.15) is 22.4 Å². The summed E-state index contributed by atoms with van der Waals surface area (Å²) in [5.74, 6) is 1.58. The average Bonchev–Trinajstić information content (AvgIpc) is 2.33. The summed E-state index contributed by atoms with van der Waals surface area (Å²) in [6, 6.07) is 0. The van der Waals surface area contributed by atoms with E-state index in [-0.39, 0.29) is 5.91 Å². The van der Waals surface area contributed by atoms with Crippen LogP contribution in [0.25, 0.3) is 0 Å². The Labute approximate surface area is 108 Å². The first-order valence-corrected chi connectivity index (χ1v) is 6.10. The van der Waals surface area contributed by atoms with E-state index in [1.807, 2.05) is 11.9 Å². The first kappa shape index (κ1) is 12.1. The van der Waals surface area contributed by atoms with Crippen LogP contribution in [0.3, 0.4) is 0 Å². The summed E-state index contributed by atoms with van der Waals surface area (Å²) >= 11 is 3.46. The number of nitrogens with zero attached hydrogens (tertiary/aromatic N) is 4. The minimum Gasteiger partial charge on any atom is -0.372 e. The van der Waals surface area contributed by atoms with Gasteiger partial charge in [-0.15, -0.1) is 0 Å². The second kappa shape index (κ2) is 4.87. The Balaban J connectivity index is 2.26. The smallest absolute Gasteiger partial charge is 0.241 e. The lowest BCUT2D eigenvalue weighted by molar-refractivity contribution is -0.129. The van der Waals surface area contributed by atoms with Crippen LogP contribution in [0.2, 0.25) is 0 Å². The van der Waals surface area contributed by atoms with E-state index < -0.39 is 0 Å². The van der Waals surface area contributed by atoms with Gasteiger partial charge in [0.15, 0.2) is 0 Å². The Kier molecular flexibility index (Phi) is 3.46. The molecule has 0 atom stereocenters. The summed E-state index contributed by atoms with van der Waals surface area (Å²) in [4.78, 5) is 23.7. The van der Waals surface area contributed by atoms with Crippen LogP contribution in [0.5, 0.6) is 0 Å². The third kappa shape index (κ3) is 2.33. The third-order valence-electron chi connectivity index (χ3n) is 2.76. The molecule has 1 N–H and O–H groups in total. The lowest BCUT2D eigenvalue weighted by Gasteiger charge is -2.33. The molecule has 0 radical (unpaired) electrons. The summed E-state index contributed by atoms with van der Waals surface area (Å²) in [6.45, 7) is 1.85. The van der Waals surface area contributed by atoms with Gasteiger partial charge in [-0.1, -0.05) is 0 Å². The number of rotatable bonds is 2. The standard InChI is InChI=1S/C10H14BrN5O/c1-12-9-8(11)10(14-6-13-9)16-4-3-15(2)7(17)5-16/h6H,3-5H2,1-2H3,(H,12,13,14). The number of piperazine rings is 1. The number of hydrogen-bond donors (Lipinski definition) is 1. The Hall–Kier alpha value is -1.37. The van der Waals surface area contributed by atoms with Gasteiger partial charge in [0, 0.05) is 27.2 Å². The van der Waals surface area contributed by atoms with Crippen molar-refractivity contribution in [2.75, 3.05) is 43.9 Å². The fraction of sp³-hybridized carbons (Fsp3) is 0.500. The molecule has 2 heterocycles. The van der Waals surface area contributed by atoms with Crippen molar-refractivity contribution in [2.24, 2.45) is 0 Å². The molecule has 1 fully saturated rings. The highest BCUT2D eigenvalue weighted by Crippen LogP contribution is 2.29. The van der Waals surface area contributed by atoms with Crippen LogP contribution in [0.4, 0.5) is 11.6 Å². The Morgan fingerprint density at radius 3 is 2.82 bits per heavy atom. The van der Waals surface area contributed by atoms with Crippen molar-refractivity contribution in [3.63, 3.8) is 0 Å². The van der Waals surface area contributed by atoms with Gasteiger partial charge in [-0.2, -0.15) is 0 Å². The molecule has 7 heteroatoms. The zero-order chi connectivity index (χ0) is 12.4. The number of hydrogen-bond acceptors (Lipinski definition) is 5. The zero-order valence-corrected chi connectivity index (χ0v) is 11.4. The second-order valence-electron chi connectivity index (χ2n) is 3.85. The first-order chi connectivity index (χ1) is 8.13. The van der Waals surface area contributed by atoms with Crippen molar-refractivity contribution in [1.29, 1.82) is 0 Å². The van der Waals surface area contributed by atoms with E-state index in [1.54, 1.807) is 11.9 Å². The number of nitrogens with one attached hydrogen (secondary N) is 1. The molecule has 1 aromatic rings. The number of carbonyl (C=O) groups excluding carboxylic acids is 1. The Bertz CT molecular complexity index is 439. The summed E-state index contributed by atoms with van der Waals surface area (Å²) in [7, 11) is 3.61. The van der Waals surface area contributed by atoms with E-state index in [0.717, 1.165) is 22.7 Å². The van der Waals surface area contributed by atoms with Crippen molar-refractivity contribution in [3.05, 3.63) is 10.8 Å². The Morgan fingerprint density at radius 2 is 2.18 bits per heavy atom. The molecule has 1 aliphatic heterocycles. The van der Waals surface area contributed by atoms with E-state index in [1.165, 1.54) is 6.33 Å². The molecular formula is C10H14BrN5O. The fourth-order valence-electron chi connectivity index (χ4n) is 1.69. The molecule has 0 aromatic carbocycles. The van der Waals surface area contributed by atoms with E-state index in [9.17, 15) is 4.79 Å². The molecule has 6 nitrogen and oxygen atoms in total. The molecular weight excluding hydrogens is 286 g/mol. The van der Waals surface area contributed by atoms with Gasteiger partial charge < -0.3 is 15.1 Å². The number of anilines is 2. The minimum absolute atomic E-state index is 0.104. The highest BCUT2D eigenvalue weighted by Gasteiger charge is 2.24. The predicted molar refractivity (Wildman–Crippen MR) is 69.1 cm³/mol. The van der Waals surface area contributed by atoms with Gasteiger partial charge in [-0.3, -0.25) is 4.79 Å². The monoisotopic (exact) mass is 299 g/mol. The van der Waals surface area contributed by atoms with Crippen molar-refractivity contribution >= 4 is 33.5 Å². The maximum absolute atomic E-state index is 11.7. The topological polar surface area (TPSA) is 61.4 Å². The van der Waals surface area contributed by atoms with Crippen LogP contribution >= 0.6 is 15.9 Å². The number of likely N-dealkylation sites (N-methyl/N-ethyl adjacent to an activating group) is 1. The fourth-order valence-corrected chi connectivity index (χ4v) is 2.35. The molecule has 1 aliphatic rings. The molecule has 1 saturated heterocycles. The van der Waals surface area contributed by atoms with Gasteiger partial charge in [0.05, 0.1) is 6.54 Å². The van der Waals surface area contributed by atoms with Crippen LogP contribution in [0.15, 0.2) is 10.8 Å². The van der Waals surface area contributed by atoms with Crippen molar-refractivity contribution in [2.45, 2.75) is 0 Å². The van der Waals surface area contributed by atoms with Crippen LogP contribution in [0, 0.1) is 0 Å². The molecule has 0 aliphatic carbocycles. The largest absolute Gasteiger partial charge is 0.372 e. The van der Waals surface area contributed by atoms with Crippen molar-refractivity contribution in [1.82, 2.24) is 14.9 Å². The molecule has 0 spiro atoms. The molecule has 1 amide bonds. The van der Waals surface area contributed by atoms with E-state index in [4.69, 9.17) is 0 Å². The highest BCUT2D eigenvalue weighted by atomic mass is 79.9. The second-order valence-corrected chi connectivity index (χ2v) is 4.64. The van der Waals surface area contributed by atoms with Crippen molar-refractivity contribution < 1.29 is 4.79 Å². The number of halogens is 1. The minimum atomic E-state index is 0.104. The van der Waals surface area contributed by atoms with Gasteiger partial charge in [-0.05, 0) is 15.9 Å². The molecule has 92 valence electrons. The van der Waals surface area contributed by atoms with Crippen LogP contribution in [-0.2, 0) is 4.79 Å². The normalized spacial score (nSPS) is 16.3. The lowest BCUT2D eigenvalue weighted by Crippen LogP contribution is -2.49. The molecule has 17 heavy (non-hydrogen) atoms. The van der Waals surface area contributed by atoms with E-state index in [0.29, 0.717) is 13.1 Å². The maximum atomic E-state index is 11.7. The lowest BCUT2D eigenvalue weighted by atomic mass is 10.3. The van der Waals surface area contributed by atoms with Crippen molar-refractivity contribution in [3.8, 4) is 0 Å². The van der Waals surface area contributed by atoms with Crippen LogP contribution in [-0.4, -0.2) is 54.5 Å². The predicted octanol–water partition coefficient (Wildman–Crippen LogP) is 0.559. The Morgan fingerprint density at radius 1 is 1.41 bits per heavy atom. The molecule has 0 saturated carbocycles. The van der Waals surface area contributed by atoms with E-state index in [2.05, 4.69) is 31.2 Å². The zero-order valence-electron chi connectivity index (χ0n) is 9.77. The molecule has 0 bridgehead atoms. The van der Waals surface area contributed by atoms with Crippen LogP contribution in [0.1, 0.15) is 0 Å². The summed E-state index contributed by atoms with van der Waals surface area (Å²) in [5, 5.41) is 2.97. The van der Waals surface area contributed by atoms with Gasteiger partial charge in [-0.25, -0.2) is 9.97 Å². The first-order valence-electron chi connectivity index (χ1n) is 5.30. The number of amides is 1. The molecule has 1 aromatic heterocycles. The highest BCUT2D eigenvalue weighted by molar-refractivity contribution is 9.10. The molecule has 0 unspecified atom stereocenters. The van der Waals surface area contributed by atoms with Gasteiger partial charge in [0.25, 0.3) is 0 Å². The van der Waals surface area contributed by atoms with Crippen LogP contribution < -0.4 is 10.2 Å². The SMILES string of the molecule is CNc1ncnc(N2CCN(C)C(=O)C2)c1Br. The summed E-state index contributed by atoms with van der Waals surface area (Å²) in [5.41, 5.74) is 0. The average molecular weight is 300 g/mol. The number of aromatic nitrogens is 2. The van der Waals surface area contributed by atoms with E-state index >= 15 is 0 Å². The third-order valence-corrected chi connectivity index (χ3v) is 3.49. The number of carbonyl (C=O) groups is 1. The van der Waals surface area contributed by atoms with Gasteiger partial charge >= 0.3 is 0 Å². The molecule has 2 rings (SSSR count). The quantitative estimate of drug-likeness (QED) is 0.865. The summed E-state index contributed by atoms with van der Waals surface area (Å²) in [6.07, 6.45) is 1.49. The summed E-state index contributed by atoms with van der Waals surface area (Å²) < 4.78 is 0.792. The maximum Gasteiger partial charge on any atom is 0.241 e. The van der Waals surface area contributed by atoms with Gasteiger partial charge in [0.2, 0.25) is 5.91 Å².